The molecule has 0 aliphatic carbocycles. The second-order valence-electron chi connectivity index (χ2n) is 5.24. The summed E-state index contributed by atoms with van der Waals surface area (Å²) in [6.07, 6.45) is 2.60. The Morgan fingerprint density at radius 3 is 2.50 bits per heavy atom. The van der Waals surface area contributed by atoms with Crippen molar-refractivity contribution in [2.24, 2.45) is 0 Å². The Labute approximate surface area is 139 Å². The van der Waals surface area contributed by atoms with Gasteiger partial charge in [-0.2, -0.15) is 0 Å². The molecule has 0 saturated carbocycles. The number of carbonyl (C=O) groups is 1. The third-order valence-corrected chi connectivity index (χ3v) is 3.53. The highest BCUT2D eigenvalue weighted by Gasteiger charge is 2.07. The molecule has 0 fully saturated rings. The molecule has 3 aromatic rings. The molecule has 1 aromatic heterocycles. The molecule has 0 aliphatic rings. The fourth-order valence-corrected chi connectivity index (χ4v) is 2.32. The number of nitrogens with zero attached hydrogens (tertiary/aromatic N) is 2. The minimum absolute atomic E-state index is 0.265. The summed E-state index contributed by atoms with van der Waals surface area (Å²) >= 11 is 0. The van der Waals surface area contributed by atoms with Crippen LogP contribution in [0.1, 0.15) is 17.0 Å². The Balaban J connectivity index is 1.84. The van der Waals surface area contributed by atoms with Crippen LogP contribution in [0.5, 0.6) is 5.75 Å². The number of aromatic nitrogens is 2. The van der Waals surface area contributed by atoms with Crippen molar-refractivity contribution in [3.63, 3.8) is 0 Å². The first kappa shape index (κ1) is 15.7. The zero-order chi connectivity index (χ0) is 16.9. The Kier molecular flexibility index (Phi) is 4.52. The lowest BCUT2D eigenvalue weighted by molar-refractivity contribution is -0.131. The average molecular weight is 320 g/mol. The number of aryl methyl sites for hydroxylation is 1. The van der Waals surface area contributed by atoms with E-state index in [1.807, 2.05) is 43.3 Å². The number of aliphatic carboxylic acids is 1. The Morgan fingerprint density at radius 2 is 1.75 bits per heavy atom. The van der Waals surface area contributed by atoms with Gasteiger partial charge in [0.25, 0.3) is 0 Å². The van der Waals surface area contributed by atoms with Crippen LogP contribution in [-0.2, 0) is 11.4 Å². The number of hydrogen-bond donors (Lipinski definition) is 1. The predicted octanol–water partition coefficient (Wildman–Crippen LogP) is 3.62. The maximum atomic E-state index is 10.7. The lowest BCUT2D eigenvalue weighted by Crippen LogP contribution is -2.04. The zero-order valence-electron chi connectivity index (χ0n) is 13.1. The number of carboxylic acid groups (broad SMARTS) is 1. The number of fused-ring (bicyclic) bond motifs is 1. The standard InChI is InChI=1S/C19H16N2O3/c1-13-17(21-16-8-4-3-7-15(16)20-13)12-24-18-9-5-2-6-14(18)10-11-19(22)23/h2-11H,12H2,1H3,(H,22,23)/b11-10+. The summed E-state index contributed by atoms with van der Waals surface area (Å²) < 4.78 is 5.84. The molecule has 0 spiro atoms. The SMILES string of the molecule is Cc1nc2ccccc2nc1COc1ccccc1/C=C/C(=O)O. The fraction of sp³-hybridized carbons (Fsp3) is 0.105. The molecule has 5 nitrogen and oxygen atoms in total. The Morgan fingerprint density at radius 1 is 1.08 bits per heavy atom. The average Bonchev–Trinajstić information content (AvgIpc) is 2.58. The van der Waals surface area contributed by atoms with Gasteiger partial charge in [-0.3, -0.25) is 0 Å². The molecule has 1 N–H and O–H groups in total. The van der Waals surface area contributed by atoms with E-state index in [-0.39, 0.29) is 6.61 Å². The molecule has 1 heterocycles. The van der Waals surface area contributed by atoms with Gasteiger partial charge in [-0.25, -0.2) is 14.8 Å². The van der Waals surface area contributed by atoms with E-state index >= 15 is 0 Å². The van der Waals surface area contributed by atoms with Gasteiger partial charge < -0.3 is 9.84 Å². The van der Waals surface area contributed by atoms with Crippen LogP contribution in [0.4, 0.5) is 0 Å². The van der Waals surface area contributed by atoms with E-state index in [9.17, 15) is 4.79 Å². The molecule has 0 unspecified atom stereocenters. The van der Waals surface area contributed by atoms with Gasteiger partial charge in [-0.05, 0) is 31.2 Å². The molecule has 0 bridgehead atoms. The van der Waals surface area contributed by atoms with Crippen LogP contribution in [0, 0.1) is 6.92 Å². The highest BCUT2D eigenvalue weighted by atomic mass is 16.5. The monoisotopic (exact) mass is 320 g/mol. The highest BCUT2D eigenvalue weighted by molar-refractivity contribution is 5.85. The van der Waals surface area contributed by atoms with Crippen molar-refractivity contribution in [2.75, 3.05) is 0 Å². The minimum Gasteiger partial charge on any atom is -0.487 e. The predicted molar refractivity (Wildman–Crippen MR) is 91.7 cm³/mol. The maximum Gasteiger partial charge on any atom is 0.328 e. The van der Waals surface area contributed by atoms with Crippen molar-refractivity contribution < 1.29 is 14.6 Å². The first-order valence-electron chi connectivity index (χ1n) is 7.48. The van der Waals surface area contributed by atoms with Gasteiger partial charge in [0.15, 0.2) is 0 Å². The molecule has 5 heteroatoms. The summed E-state index contributed by atoms with van der Waals surface area (Å²) in [5, 5.41) is 8.76. The first-order valence-corrected chi connectivity index (χ1v) is 7.48. The van der Waals surface area contributed by atoms with Crippen LogP contribution in [0.25, 0.3) is 17.1 Å². The fourth-order valence-electron chi connectivity index (χ4n) is 2.32. The van der Waals surface area contributed by atoms with E-state index < -0.39 is 5.97 Å². The molecular weight excluding hydrogens is 304 g/mol. The van der Waals surface area contributed by atoms with Crippen molar-refractivity contribution >= 4 is 23.1 Å². The molecule has 0 atom stereocenters. The summed E-state index contributed by atoms with van der Waals surface area (Å²) in [6.45, 7) is 2.16. The lowest BCUT2D eigenvalue weighted by Gasteiger charge is -2.11. The normalized spacial score (nSPS) is 11.0. The van der Waals surface area contributed by atoms with Gasteiger partial charge in [-0.1, -0.05) is 30.3 Å². The summed E-state index contributed by atoms with van der Waals surface area (Å²) in [6, 6.07) is 14.9. The Hall–Kier alpha value is -3.21. The van der Waals surface area contributed by atoms with Crippen LogP contribution in [0.2, 0.25) is 0 Å². The van der Waals surface area contributed by atoms with Crippen molar-refractivity contribution in [3.05, 3.63) is 71.6 Å². The molecular formula is C19H16N2O3. The van der Waals surface area contributed by atoms with Gasteiger partial charge in [0, 0.05) is 11.6 Å². The number of benzene rings is 2. The minimum atomic E-state index is -0.999. The Bertz CT molecular complexity index is 919. The quantitative estimate of drug-likeness (QED) is 0.727. The molecule has 0 radical (unpaired) electrons. The highest BCUT2D eigenvalue weighted by Crippen LogP contribution is 2.21. The number of hydrogen-bond acceptors (Lipinski definition) is 4. The number of para-hydroxylation sites is 3. The lowest BCUT2D eigenvalue weighted by atomic mass is 10.2. The molecule has 0 aliphatic heterocycles. The summed E-state index contributed by atoms with van der Waals surface area (Å²) in [5.74, 6) is -0.398. The van der Waals surface area contributed by atoms with Gasteiger partial charge in [-0.15, -0.1) is 0 Å². The van der Waals surface area contributed by atoms with Crippen LogP contribution < -0.4 is 4.74 Å². The van der Waals surface area contributed by atoms with E-state index in [1.165, 1.54) is 6.08 Å². The molecule has 3 rings (SSSR count). The van der Waals surface area contributed by atoms with E-state index in [0.29, 0.717) is 11.3 Å². The van der Waals surface area contributed by atoms with Gasteiger partial charge >= 0.3 is 5.97 Å². The maximum absolute atomic E-state index is 10.7. The van der Waals surface area contributed by atoms with Crippen molar-refractivity contribution in [3.8, 4) is 5.75 Å². The first-order chi connectivity index (χ1) is 11.6. The number of ether oxygens (including phenoxy) is 1. The van der Waals surface area contributed by atoms with Gasteiger partial charge in [0.05, 0.1) is 22.4 Å². The van der Waals surface area contributed by atoms with Crippen molar-refractivity contribution in [1.29, 1.82) is 0 Å². The molecule has 2 aromatic carbocycles. The summed E-state index contributed by atoms with van der Waals surface area (Å²) in [7, 11) is 0. The second kappa shape index (κ2) is 6.91. The third kappa shape index (κ3) is 3.57. The third-order valence-electron chi connectivity index (χ3n) is 3.53. The van der Waals surface area contributed by atoms with E-state index in [1.54, 1.807) is 12.1 Å². The molecule has 0 saturated heterocycles. The topological polar surface area (TPSA) is 72.3 Å². The second-order valence-corrected chi connectivity index (χ2v) is 5.24. The van der Waals surface area contributed by atoms with Crippen LogP contribution >= 0.6 is 0 Å². The zero-order valence-corrected chi connectivity index (χ0v) is 13.1. The van der Waals surface area contributed by atoms with Gasteiger partial charge in [0.2, 0.25) is 0 Å². The molecule has 24 heavy (non-hydrogen) atoms. The summed E-state index contributed by atoms with van der Waals surface area (Å²) in [4.78, 5) is 19.8. The van der Waals surface area contributed by atoms with E-state index in [2.05, 4.69) is 9.97 Å². The summed E-state index contributed by atoms with van der Waals surface area (Å²) in [5.41, 5.74) is 3.94. The number of rotatable bonds is 5. The van der Waals surface area contributed by atoms with E-state index in [0.717, 1.165) is 28.5 Å². The molecule has 0 amide bonds. The van der Waals surface area contributed by atoms with Crippen LogP contribution in [-0.4, -0.2) is 21.0 Å². The van der Waals surface area contributed by atoms with Crippen LogP contribution in [0.3, 0.4) is 0 Å². The smallest absolute Gasteiger partial charge is 0.328 e. The molecule has 120 valence electrons. The van der Waals surface area contributed by atoms with E-state index in [4.69, 9.17) is 9.84 Å². The van der Waals surface area contributed by atoms with Crippen LogP contribution in [0.15, 0.2) is 54.6 Å². The van der Waals surface area contributed by atoms with Crippen molar-refractivity contribution in [2.45, 2.75) is 13.5 Å². The van der Waals surface area contributed by atoms with Gasteiger partial charge in [0.1, 0.15) is 12.4 Å². The largest absolute Gasteiger partial charge is 0.487 e. The van der Waals surface area contributed by atoms with Crippen molar-refractivity contribution in [1.82, 2.24) is 9.97 Å². The number of carboxylic acids is 1.